The first-order valence-electron chi connectivity index (χ1n) is 11.1. The molecule has 0 saturated heterocycles. The zero-order chi connectivity index (χ0) is 26.3. The minimum absolute atomic E-state index is 0.0397. The molecule has 0 aliphatic rings. The van der Waals surface area contributed by atoms with Crippen LogP contribution in [-0.4, -0.2) is 51.0 Å². The van der Waals surface area contributed by atoms with Crippen LogP contribution in [0.25, 0.3) is 0 Å². The maximum atomic E-state index is 14.5. The average Bonchev–Trinajstić information content (AvgIpc) is 2.84. The molecule has 1 N–H and O–H groups in total. The topological polar surface area (TPSA) is 86.8 Å². The Balaban J connectivity index is 2.04. The van der Waals surface area contributed by atoms with Crippen LogP contribution in [0, 0.1) is 5.82 Å². The molecule has 2 amide bonds. The molecular formula is C26H27BrFN3O4S. The molecular weight excluding hydrogens is 549 g/mol. The summed E-state index contributed by atoms with van der Waals surface area (Å²) < 4.78 is 41.3. The maximum Gasteiger partial charge on any atom is 0.244 e. The Morgan fingerprint density at radius 2 is 1.61 bits per heavy atom. The SMILES string of the molecule is CNC(=O)[C@@H](Cc1ccccc1)N(Cc1cccc(Br)c1)C(=O)CN(c1ccccc1F)S(C)(=O)=O. The van der Waals surface area contributed by atoms with E-state index in [0.29, 0.717) is 0 Å². The standard InChI is InChI=1S/C26H27BrFN3O4S/c1-29-26(33)24(16-19-9-4-3-5-10-19)30(17-20-11-8-12-21(27)15-20)25(32)18-31(36(2,34)35)23-14-7-6-13-22(23)28/h3-15,24H,16-18H2,1-2H3,(H,29,33)/t24-/m1/s1. The van der Waals surface area contributed by atoms with E-state index in [1.165, 1.54) is 30.1 Å². The van der Waals surface area contributed by atoms with Gasteiger partial charge in [-0.15, -0.1) is 0 Å². The van der Waals surface area contributed by atoms with E-state index < -0.39 is 40.2 Å². The summed E-state index contributed by atoms with van der Waals surface area (Å²) in [5.41, 5.74) is 1.32. The van der Waals surface area contributed by atoms with Crippen LogP contribution >= 0.6 is 15.9 Å². The molecule has 0 fully saturated rings. The van der Waals surface area contributed by atoms with Crippen molar-refractivity contribution in [2.75, 3.05) is 24.2 Å². The lowest BCUT2D eigenvalue weighted by Gasteiger charge is -2.33. The number of sulfonamides is 1. The van der Waals surface area contributed by atoms with E-state index in [2.05, 4.69) is 21.2 Å². The van der Waals surface area contributed by atoms with Crippen molar-refractivity contribution in [1.29, 1.82) is 0 Å². The van der Waals surface area contributed by atoms with Gasteiger partial charge in [0.25, 0.3) is 0 Å². The highest BCUT2D eigenvalue weighted by molar-refractivity contribution is 9.10. The third-order valence-corrected chi connectivity index (χ3v) is 7.18. The number of anilines is 1. The number of hydrogen-bond donors (Lipinski definition) is 1. The van der Waals surface area contributed by atoms with Gasteiger partial charge < -0.3 is 10.2 Å². The van der Waals surface area contributed by atoms with Gasteiger partial charge >= 0.3 is 0 Å². The fourth-order valence-corrected chi connectivity index (χ4v) is 5.10. The number of hydrogen-bond acceptors (Lipinski definition) is 4. The van der Waals surface area contributed by atoms with Crippen LogP contribution in [0.15, 0.2) is 83.3 Å². The molecule has 0 bridgehead atoms. The molecule has 3 aromatic carbocycles. The monoisotopic (exact) mass is 575 g/mol. The second kappa shape index (κ2) is 12.1. The second-order valence-electron chi connectivity index (χ2n) is 8.19. The predicted octanol–water partition coefficient (Wildman–Crippen LogP) is 3.74. The van der Waals surface area contributed by atoms with Crippen LogP contribution in [-0.2, 0) is 32.6 Å². The Morgan fingerprint density at radius 1 is 0.972 bits per heavy atom. The fourth-order valence-electron chi connectivity index (χ4n) is 3.80. The van der Waals surface area contributed by atoms with Gasteiger partial charge in [0.1, 0.15) is 18.4 Å². The van der Waals surface area contributed by atoms with Gasteiger partial charge in [0, 0.05) is 24.5 Å². The summed E-state index contributed by atoms with van der Waals surface area (Å²) in [6.07, 6.45) is 1.12. The molecule has 0 spiro atoms. The van der Waals surface area contributed by atoms with E-state index in [0.717, 1.165) is 32.2 Å². The molecule has 3 rings (SSSR count). The van der Waals surface area contributed by atoms with Crippen molar-refractivity contribution in [3.63, 3.8) is 0 Å². The van der Waals surface area contributed by atoms with Gasteiger partial charge in [0.2, 0.25) is 21.8 Å². The highest BCUT2D eigenvalue weighted by Gasteiger charge is 2.33. The fraction of sp³-hybridized carbons (Fsp3) is 0.231. The van der Waals surface area contributed by atoms with Crippen molar-refractivity contribution >= 4 is 43.5 Å². The first kappa shape index (κ1) is 27.3. The highest BCUT2D eigenvalue weighted by Crippen LogP contribution is 2.23. The molecule has 0 saturated carbocycles. The van der Waals surface area contributed by atoms with Gasteiger partial charge in [-0.25, -0.2) is 12.8 Å². The summed E-state index contributed by atoms with van der Waals surface area (Å²) in [6.45, 7) is -0.631. The van der Waals surface area contributed by atoms with Crippen LogP contribution in [0.1, 0.15) is 11.1 Å². The first-order chi connectivity index (χ1) is 17.1. The number of carbonyl (C=O) groups is 2. The smallest absolute Gasteiger partial charge is 0.244 e. The Labute approximate surface area is 219 Å². The Hall–Kier alpha value is -3.24. The summed E-state index contributed by atoms with van der Waals surface area (Å²) >= 11 is 3.42. The lowest BCUT2D eigenvalue weighted by molar-refractivity contribution is -0.139. The van der Waals surface area contributed by atoms with E-state index in [-0.39, 0.29) is 18.7 Å². The molecule has 10 heteroatoms. The molecule has 0 heterocycles. The number of nitrogens with one attached hydrogen (secondary N) is 1. The highest BCUT2D eigenvalue weighted by atomic mass is 79.9. The van der Waals surface area contributed by atoms with Gasteiger partial charge in [0.15, 0.2) is 0 Å². The quantitative estimate of drug-likeness (QED) is 0.399. The van der Waals surface area contributed by atoms with Crippen molar-refractivity contribution in [2.45, 2.75) is 19.0 Å². The van der Waals surface area contributed by atoms with Crippen molar-refractivity contribution in [1.82, 2.24) is 10.2 Å². The minimum atomic E-state index is -4.02. The van der Waals surface area contributed by atoms with E-state index in [4.69, 9.17) is 0 Å². The molecule has 0 aromatic heterocycles. The predicted molar refractivity (Wildman–Crippen MR) is 141 cm³/mol. The summed E-state index contributed by atoms with van der Waals surface area (Å²) in [5.74, 6) is -1.83. The lowest BCUT2D eigenvalue weighted by atomic mass is 10.0. The number of para-hydroxylation sites is 1. The van der Waals surface area contributed by atoms with Gasteiger partial charge in [-0.2, -0.15) is 0 Å². The molecule has 0 radical (unpaired) electrons. The van der Waals surface area contributed by atoms with E-state index >= 15 is 0 Å². The third kappa shape index (κ3) is 7.14. The number of likely N-dealkylation sites (N-methyl/N-ethyl adjacent to an activating group) is 1. The number of nitrogens with zero attached hydrogens (tertiary/aromatic N) is 2. The summed E-state index contributed by atoms with van der Waals surface area (Å²) in [4.78, 5) is 28.1. The Kier molecular flexibility index (Phi) is 9.22. The van der Waals surface area contributed by atoms with Crippen molar-refractivity contribution in [2.24, 2.45) is 0 Å². The second-order valence-corrected chi connectivity index (χ2v) is 11.0. The zero-order valence-electron chi connectivity index (χ0n) is 19.9. The van der Waals surface area contributed by atoms with Gasteiger partial charge in [0.05, 0.1) is 11.9 Å². The molecule has 0 aliphatic heterocycles. The Morgan fingerprint density at radius 3 is 2.22 bits per heavy atom. The molecule has 0 aliphatic carbocycles. The van der Waals surface area contributed by atoms with Crippen LogP contribution in [0.5, 0.6) is 0 Å². The van der Waals surface area contributed by atoms with Crippen molar-refractivity contribution in [3.05, 3.63) is 100 Å². The number of carbonyl (C=O) groups excluding carboxylic acids is 2. The van der Waals surface area contributed by atoms with Crippen molar-refractivity contribution < 1.29 is 22.4 Å². The number of halogens is 2. The van der Waals surface area contributed by atoms with Crippen LogP contribution in [0.3, 0.4) is 0 Å². The number of rotatable bonds is 10. The number of benzene rings is 3. The molecule has 3 aromatic rings. The molecule has 1 atom stereocenters. The minimum Gasteiger partial charge on any atom is -0.357 e. The summed E-state index contributed by atoms with van der Waals surface area (Å²) in [6, 6.07) is 20.9. The molecule has 36 heavy (non-hydrogen) atoms. The Bertz CT molecular complexity index is 1320. The summed E-state index contributed by atoms with van der Waals surface area (Å²) in [7, 11) is -2.54. The van der Waals surface area contributed by atoms with Crippen LogP contribution < -0.4 is 9.62 Å². The van der Waals surface area contributed by atoms with E-state index in [1.807, 2.05) is 42.5 Å². The largest absolute Gasteiger partial charge is 0.357 e. The zero-order valence-corrected chi connectivity index (χ0v) is 22.3. The van der Waals surface area contributed by atoms with Gasteiger partial charge in [-0.3, -0.25) is 13.9 Å². The normalized spacial score (nSPS) is 12.0. The van der Waals surface area contributed by atoms with Crippen LogP contribution in [0.4, 0.5) is 10.1 Å². The van der Waals surface area contributed by atoms with Gasteiger partial charge in [-0.05, 0) is 35.4 Å². The lowest BCUT2D eigenvalue weighted by Crippen LogP contribution is -2.53. The number of amides is 2. The average molecular weight is 576 g/mol. The van der Waals surface area contributed by atoms with Crippen LogP contribution in [0.2, 0.25) is 0 Å². The third-order valence-electron chi connectivity index (χ3n) is 5.56. The molecule has 7 nitrogen and oxygen atoms in total. The summed E-state index contributed by atoms with van der Waals surface area (Å²) in [5, 5.41) is 2.61. The van der Waals surface area contributed by atoms with Gasteiger partial charge in [-0.1, -0.05) is 70.5 Å². The van der Waals surface area contributed by atoms with Crippen molar-refractivity contribution in [3.8, 4) is 0 Å². The maximum absolute atomic E-state index is 14.5. The molecule has 0 unspecified atom stereocenters. The van der Waals surface area contributed by atoms with E-state index in [9.17, 15) is 22.4 Å². The van der Waals surface area contributed by atoms with E-state index in [1.54, 1.807) is 12.1 Å². The molecule has 190 valence electrons. The first-order valence-corrected chi connectivity index (χ1v) is 13.8.